The number of halogens is 3. The minimum Gasteiger partial charge on any atom is -0.365 e. The Balaban J connectivity index is 1.53. The van der Waals surface area contributed by atoms with E-state index in [4.69, 9.17) is 4.98 Å². The van der Waals surface area contributed by atoms with E-state index < -0.39 is 11.7 Å². The lowest BCUT2D eigenvalue weighted by molar-refractivity contribution is -0.137. The Morgan fingerprint density at radius 2 is 1.90 bits per heavy atom. The maximum atomic E-state index is 12.8. The van der Waals surface area contributed by atoms with E-state index in [1.807, 2.05) is 22.1 Å². The van der Waals surface area contributed by atoms with Crippen LogP contribution in [0.1, 0.15) is 24.0 Å². The second-order valence-corrected chi connectivity index (χ2v) is 7.98. The van der Waals surface area contributed by atoms with Crippen molar-refractivity contribution in [1.82, 2.24) is 19.5 Å². The van der Waals surface area contributed by atoms with Gasteiger partial charge in [-0.05, 0) is 42.0 Å². The molecular formula is C20H16F3N5S. The molecule has 3 aromatic heterocycles. The summed E-state index contributed by atoms with van der Waals surface area (Å²) in [7, 11) is 0. The van der Waals surface area contributed by atoms with Crippen LogP contribution < -0.4 is 5.32 Å². The highest BCUT2D eigenvalue weighted by atomic mass is 32.1. The third-order valence-corrected chi connectivity index (χ3v) is 5.62. The number of nitrogens with zero attached hydrogens (tertiary/aromatic N) is 4. The van der Waals surface area contributed by atoms with Gasteiger partial charge in [0.25, 0.3) is 0 Å². The fourth-order valence-electron chi connectivity index (χ4n) is 3.09. The molecule has 0 saturated heterocycles. The maximum Gasteiger partial charge on any atom is 0.416 e. The second kappa shape index (κ2) is 6.84. The van der Waals surface area contributed by atoms with Crippen molar-refractivity contribution in [3.05, 3.63) is 59.2 Å². The zero-order valence-electron chi connectivity index (χ0n) is 15.1. The lowest BCUT2D eigenvalue weighted by Crippen LogP contribution is -2.07. The third kappa shape index (κ3) is 3.69. The number of hydrogen-bond acceptors (Lipinski definition) is 5. The second-order valence-electron chi connectivity index (χ2n) is 7.03. The van der Waals surface area contributed by atoms with Crippen molar-refractivity contribution in [2.75, 3.05) is 5.32 Å². The number of alkyl halides is 3. The van der Waals surface area contributed by atoms with Gasteiger partial charge in [-0.15, -0.1) is 11.3 Å². The van der Waals surface area contributed by atoms with Crippen LogP contribution in [0, 0.1) is 0 Å². The van der Waals surface area contributed by atoms with Crippen LogP contribution in [0.25, 0.3) is 21.9 Å². The van der Waals surface area contributed by atoms with Gasteiger partial charge in [0, 0.05) is 6.04 Å². The van der Waals surface area contributed by atoms with Crippen molar-refractivity contribution in [3.8, 4) is 10.7 Å². The Hall–Kier alpha value is -2.94. The Morgan fingerprint density at radius 1 is 1.10 bits per heavy atom. The molecule has 9 heteroatoms. The van der Waals surface area contributed by atoms with E-state index in [2.05, 4.69) is 15.3 Å². The van der Waals surface area contributed by atoms with Crippen molar-refractivity contribution < 1.29 is 13.2 Å². The molecule has 1 aliphatic carbocycles. The number of benzene rings is 1. The van der Waals surface area contributed by atoms with Crippen molar-refractivity contribution in [1.29, 1.82) is 0 Å². The largest absolute Gasteiger partial charge is 0.416 e. The number of nitrogens with one attached hydrogen (secondary N) is 1. The summed E-state index contributed by atoms with van der Waals surface area (Å²) in [5, 5.41) is 5.38. The van der Waals surface area contributed by atoms with Gasteiger partial charge in [-0.1, -0.05) is 18.2 Å². The molecule has 148 valence electrons. The van der Waals surface area contributed by atoms with Crippen LogP contribution in [0.2, 0.25) is 0 Å². The highest BCUT2D eigenvalue weighted by molar-refractivity contribution is 7.13. The molecule has 3 heterocycles. The van der Waals surface area contributed by atoms with Crippen LogP contribution in [0.15, 0.2) is 48.1 Å². The van der Waals surface area contributed by atoms with E-state index >= 15 is 0 Å². The molecule has 1 aromatic carbocycles. The molecule has 0 aliphatic heterocycles. The molecule has 0 atom stereocenters. The molecule has 0 bridgehead atoms. The molecule has 1 N–H and O–H groups in total. The standard InChI is InChI=1S/C20H16F3N5S/c21-20(22,23)13-5-3-12(4-6-13)10-28-11-24-16-18(25-14-7-8-14)26-17(27-19(16)28)15-2-1-9-29-15/h1-6,9,11,14H,7-8,10H2,(H,25,26,27). The highest BCUT2D eigenvalue weighted by Gasteiger charge is 2.30. The van der Waals surface area contributed by atoms with Crippen LogP contribution in [0.3, 0.4) is 0 Å². The van der Waals surface area contributed by atoms with E-state index in [1.54, 1.807) is 17.7 Å². The Labute approximate surface area is 168 Å². The Morgan fingerprint density at radius 3 is 2.55 bits per heavy atom. The minimum absolute atomic E-state index is 0.373. The van der Waals surface area contributed by atoms with Crippen LogP contribution in [0.5, 0.6) is 0 Å². The topological polar surface area (TPSA) is 55.6 Å². The summed E-state index contributed by atoms with van der Waals surface area (Å²) in [6.45, 7) is 0.373. The zero-order chi connectivity index (χ0) is 20.0. The number of anilines is 1. The minimum atomic E-state index is -4.34. The van der Waals surface area contributed by atoms with Crippen molar-refractivity contribution in [2.24, 2.45) is 0 Å². The first-order chi connectivity index (χ1) is 14.0. The molecule has 0 unspecified atom stereocenters. The number of aromatic nitrogens is 4. The van der Waals surface area contributed by atoms with E-state index in [-0.39, 0.29) is 0 Å². The van der Waals surface area contributed by atoms with Crippen LogP contribution in [-0.4, -0.2) is 25.6 Å². The SMILES string of the molecule is FC(F)(F)c1ccc(Cn2cnc3c(NC4CC4)nc(-c4cccs4)nc32)cc1. The van der Waals surface area contributed by atoms with Gasteiger partial charge in [0.2, 0.25) is 0 Å². The molecule has 5 nitrogen and oxygen atoms in total. The monoisotopic (exact) mass is 415 g/mol. The van der Waals surface area contributed by atoms with Gasteiger partial charge in [0.1, 0.15) is 5.52 Å². The quantitative estimate of drug-likeness (QED) is 0.487. The van der Waals surface area contributed by atoms with Crippen LogP contribution in [-0.2, 0) is 12.7 Å². The van der Waals surface area contributed by atoms with Gasteiger partial charge in [-0.2, -0.15) is 13.2 Å². The number of hydrogen-bond donors (Lipinski definition) is 1. The predicted octanol–water partition coefficient (Wildman–Crippen LogP) is 5.20. The van der Waals surface area contributed by atoms with Crippen LogP contribution in [0.4, 0.5) is 19.0 Å². The molecule has 0 spiro atoms. The first-order valence-corrected chi connectivity index (χ1v) is 10.0. The summed E-state index contributed by atoms with van der Waals surface area (Å²) >= 11 is 1.56. The molecule has 0 amide bonds. The van der Waals surface area contributed by atoms with E-state index in [1.165, 1.54) is 12.1 Å². The summed E-state index contributed by atoms with van der Waals surface area (Å²) in [6, 6.07) is 9.48. The summed E-state index contributed by atoms with van der Waals surface area (Å²) in [6.07, 6.45) is -0.474. The molecular weight excluding hydrogens is 399 g/mol. The number of imidazole rings is 1. The molecule has 1 aliphatic rings. The maximum absolute atomic E-state index is 12.8. The summed E-state index contributed by atoms with van der Waals surface area (Å²) in [5.74, 6) is 1.32. The van der Waals surface area contributed by atoms with Gasteiger partial charge in [0.05, 0.1) is 23.3 Å². The summed E-state index contributed by atoms with van der Waals surface area (Å²) in [4.78, 5) is 14.8. The Kier molecular flexibility index (Phi) is 4.27. The van der Waals surface area contributed by atoms with Crippen molar-refractivity contribution in [2.45, 2.75) is 31.6 Å². The summed E-state index contributed by atoms with van der Waals surface area (Å²) < 4.78 is 40.2. The normalized spacial score (nSPS) is 14.4. The number of rotatable bonds is 5. The van der Waals surface area contributed by atoms with E-state index in [9.17, 15) is 13.2 Å². The lowest BCUT2D eigenvalue weighted by atomic mass is 10.1. The van der Waals surface area contributed by atoms with Crippen molar-refractivity contribution in [3.63, 3.8) is 0 Å². The van der Waals surface area contributed by atoms with Gasteiger partial charge in [-0.25, -0.2) is 15.0 Å². The zero-order valence-corrected chi connectivity index (χ0v) is 16.0. The number of fused-ring (bicyclic) bond motifs is 1. The fourth-order valence-corrected chi connectivity index (χ4v) is 3.75. The molecule has 1 saturated carbocycles. The number of thiophene rings is 1. The van der Waals surface area contributed by atoms with E-state index in [0.717, 1.165) is 35.4 Å². The van der Waals surface area contributed by atoms with Gasteiger partial charge in [-0.3, -0.25) is 0 Å². The molecule has 4 aromatic rings. The predicted molar refractivity (Wildman–Crippen MR) is 106 cm³/mol. The van der Waals surface area contributed by atoms with Gasteiger partial charge < -0.3 is 9.88 Å². The van der Waals surface area contributed by atoms with Crippen LogP contribution >= 0.6 is 11.3 Å². The summed E-state index contributed by atoms with van der Waals surface area (Å²) in [5.41, 5.74) is 1.41. The van der Waals surface area contributed by atoms with Crippen molar-refractivity contribution >= 4 is 28.3 Å². The van der Waals surface area contributed by atoms with Gasteiger partial charge >= 0.3 is 6.18 Å². The average Bonchev–Trinajstić information content (AvgIpc) is 3.17. The molecule has 29 heavy (non-hydrogen) atoms. The van der Waals surface area contributed by atoms with E-state index in [0.29, 0.717) is 35.4 Å². The fraction of sp³-hybridized carbons (Fsp3) is 0.250. The molecule has 0 radical (unpaired) electrons. The first-order valence-electron chi connectivity index (χ1n) is 9.17. The average molecular weight is 415 g/mol. The first kappa shape index (κ1) is 18.1. The highest BCUT2D eigenvalue weighted by Crippen LogP contribution is 2.32. The molecule has 5 rings (SSSR count). The molecule has 1 fully saturated rings. The smallest absolute Gasteiger partial charge is 0.365 e. The third-order valence-electron chi connectivity index (χ3n) is 4.76. The van der Waals surface area contributed by atoms with Gasteiger partial charge in [0.15, 0.2) is 17.3 Å². The Bertz CT molecular complexity index is 1150. The lowest BCUT2D eigenvalue weighted by Gasteiger charge is -2.10.